The highest BCUT2D eigenvalue weighted by Gasteiger charge is 2.33. The zero-order valence-corrected chi connectivity index (χ0v) is 13.2. The first-order chi connectivity index (χ1) is 8.58. The number of rotatable bonds is 4. The predicted octanol–water partition coefficient (Wildman–Crippen LogP) is 3.03. The molecule has 0 bridgehead atoms. The molecule has 2 aliphatic rings. The Balaban J connectivity index is 0.00000180. The summed E-state index contributed by atoms with van der Waals surface area (Å²) in [4.78, 5) is 12.0. The molecule has 0 spiro atoms. The summed E-state index contributed by atoms with van der Waals surface area (Å²) in [5.74, 6) is 0.253. The van der Waals surface area contributed by atoms with Gasteiger partial charge in [-0.3, -0.25) is 4.79 Å². The van der Waals surface area contributed by atoms with E-state index >= 15 is 0 Å². The van der Waals surface area contributed by atoms with E-state index in [1.54, 1.807) is 0 Å². The van der Waals surface area contributed by atoms with Crippen molar-refractivity contribution in [3.63, 3.8) is 0 Å². The number of nitrogens with one attached hydrogen (secondary N) is 2. The first-order valence-corrected chi connectivity index (χ1v) is 7.61. The molecule has 1 saturated carbocycles. The summed E-state index contributed by atoms with van der Waals surface area (Å²) in [6, 6.07) is 0.963. The Bertz CT molecular complexity index is 288. The van der Waals surface area contributed by atoms with Gasteiger partial charge in [-0.2, -0.15) is 0 Å². The Morgan fingerprint density at radius 2 is 2.05 bits per heavy atom. The fraction of sp³-hybridized carbons (Fsp3) is 0.933. The minimum absolute atomic E-state index is 0. The van der Waals surface area contributed by atoms with E-state index in [1.807, 2.05) is 0 Å². The van der Waals surface area contributed by atoms with Gasteiger partial charge in [-0.15, -0.1) is 12.4 Å². The number of amides is 1. The lowest BCUT2D eigenvalue weighted by Crippen LogP contribution is -2.47. The fourth-order valence-corrected chi connectivity index (χ4v) is 3.34. The van der Waals surface area contributed by atoms with Crippen LogP contribution in [0.15, 0.2) is 0 Å². The predicted molar refractivity (Wildman–Crippen MR) is 81.7 cm³/mol. The molecule has 112 valence electrons. The molecule has 1 heterocycles. The van der Waals surface area contributed by atoms with Crippen LogP contribution in [0.2, 0.25) is 0 Å². The van der Waals surface area contributed by atoms with Crippen molar-refractivity contribution in [2.75, 3.05) is 6.54 Å². The summed E-state index contributed by atoms with van der Waals surface area (Å²) in [6.07, 6.45) is 9.15. The number of hydrogen-bond donors (Lipinski definition) is 2. The maximum absolute atomic E-state index is 12.0. The van der Waals surface area contributed by atoms with Crippen molar-refractivity contribution in [2.24, 2.45) is 5.41 Å². The maximum Gasteiger partial charge on any atom is 0.220 e. The topological polar surface area (TPSA) is 41.1 Å². The second-order valence-electron chi connectivity index (χ2n) is 6.69. The van der Waals surface area contributed by atoms with E-state index in [0.29, 0.717) is 18.5 Å². The summed E-state index contributed by atoms with van der Waals surface area (Å²) in [5.41, 5.74) is 0.277. The maximum atomic E-state index is 12.0. The van der Waals surface area contributed by atoms with Crippen LogP contribution in [0.1, 0.15) is 65.2 Å². The average molecular weight is 289 g/mol. The van der Waals surface area contributed by atoms with E-state index in [1.165, 1.54) is 32.1 Å². The fourth-order valence-electron chi connectivity index (χ4n) is 3.34. The SMILES string of the molecule is CC1(C)CCCCC1NC(=O)CCC1CCCN1.Cl. The number of hydrogen-bond acceptors (Lipinski definition) is 2. The van der Waals surface area contributed by atoms with Gasteiger partial charge in [0.2, 0.25) is 5.91 Å². The largest absolute Gasteiger partial charge is 0.353 e. The molecular weight excluding hydrogens is 260 g/mol. The lowest BCUT2D eigenvalue weighted by molar-refractivity contribution is -0.123. The number of carbonyl (C=O) groups is 1. The van der Waals surface area contributed by atoms with Gasteiger partial charge < -0.3 is 10.6 Å². The molecule has 0 aromatic heterocycles. The second-order valence-corrected chi connectivity index (χ2v) is 6.69. The Labute approximate surface area is 123 Å². The third-order valence-corrected chi connectivity index (χ3v) is 4.72. The van der Waals surface area contributed by atoms with Crippen LogP contribution >= 0.6 is 12.4 Å². The van der Waals surface area contributed by atoms with E-state index in [4.69, 9.17) is 0 Å². The zero-order valence-electron chi connectivity index (χ0n) is 12.3. The third kappa shape index (κ3) is 4.96. The Morgan fingerprint density at radius 3 is 2.68 bits per heavy atom. The molecule has 2 fully saturated rings. The van der Waals surface area contributed by atoms with Crippen molar-refractivity contribution in [3.05, 3.63) is 0 Å². The molecule has 4 heteroatoms. The van der Waals surface area contributed by atoms with Crippen LogP contribution in [0.25, 0.3) is 0 Å². The lowest BCUT2D eigenvalue weighted by Gasteiger charge is -2.39. The van der Waals surface area contributed by atoms with E-state index in [9.17, 15) is 4.79 Å². The van der Waals surface area contributed by atoms with Gasteiger partial charge in [-0.25, -0.2) is 0 Å². The molecule has 0 radical (unpaired) electrons. The number of halogens is 1. The summed E-state index contributed by atoms with van der Waals surface area (Å²) < 4.78 is 0. The smallest absolute Gasteiger partial charge is 0.220 e. The van der Waals surface area contributed by atoms with E-state index in [-0.39, 0.29) is 23.7 Å². The Hall–Kier alpha value is -0.280. The van der Waals surface area contributed by atoms with Gasteiger partial charge in [0.15, 0.2) is 0 Å². The first-order valence-electron chi connectivity index (χ1n) is 7.61. The van der Waals surface area contributed by atoms with Crippen LogP contribution < -0.4 is 10.6 Å². The highest BCUT2D eigenvalue weighted by atomic mass is 35.5. The van der Waals surface area contributed by atoms with Crippen LogP contribution in [0.4, 0.5) is 0 Å². The molecule has 2 rings (SSSR count). The monoisotopic (exact) mass is 288 g/mol. The molecule has 19 heavy (non-hydrogen) atoms. The summed E-state index contributed by atoms with van der Waals surface area (Å²) in [7, 11) is 0. The summed E-state index contributed by atoms with van der Waals surface area (Å²) in [6.45, 7) is 5.70. The molecule has 3 nitrogen and oxygen atoms in total. The minimum atomic E-state index is 0. The molecular formula is C15H29ClN2O. The van der Waals surface area contributed by atoms with E-state index < -0.39 is 0 Å². The molecule has 2 unspecified atom stereocenters. The molecule has 1 aliphatic heterocycles. The quantitative estimate of drug-likeness (QED) is 0.835. The standard InChI is InChI=1S/C15H28N2O.ClH/c1-15(2)10-4-3-7-13(15)17-14(18)9-8-12-6-5-11-16-12;/h12-13,16H,3-11H2,1-2H3,(H,17,18);1H. The average Bonchev–Trinajstić information content (AvgIpc) is 2.82. The zero-order chi connectivity index (χ0) is 13.0. The molecule has 1 aliphatic carbocycles. The van der Waals surface area contributed by atoms with Crippen LogP contribution in [0.5, 0.6) is 0 Å². The third-order valence-electron chi connectivity index (χ3n) is 4.72. The molecule has 1 amide bonds. The van der Waals surface area contributed by atoms with Crippen molar-refractivity contribution in [1.82, 2.24) is 10.6 Å². The Kier molecular flexibility index (Phi) is 6.61. The van der Waals surface area contributed by atoms with Gasteiger partial charge in [0, 0.05) is 18.5 Å². The van der Waals surface area contributed by atoms with Crippen LogP contribution in [-0.2, 0) is 4.79 Å². The molecule has 0 aromatic rings. The van der Waals surface area contributed by atoms with E-state index in [0.717, 1.165) is 19.4 Å². The van der Waals surface area contributed by atoms with Gasteiger partial charge in [0.1, 0.15) is 0 Å². The van der Waals surface area contributed by atoms with Crippen LogP contribution in [0, 0.1) is 5.41 Å². The highest BCUT2D eigenvalue weighted by Crippen LogP contribution is 2.35. The van der Waals surface area contributed by atoms with Gasteiger partial charge in [0.25, 0.3) is 0 Å². The van der Waals surface area contributed by atoms with Crippen molar-refractivity contribution >= 4 is 18.3 Å². The highest BCUT2D eigenvalue weighted by molar-refractivity contribution is 5.85. The van der Waals surface area contributed by atoms with Gasteiger partial charge >= 0.3 is 0 Å². The minimum Gasteiger partial charge on any atom is -0.353 e. The molecule has 2 atom stereocenters. The lowest BCUT2D eigenvalue weighted by atomic mass is 9.73. The van der Waals surface area contributed by atoms with Crippen molar-refractivity contribution in [2.45, 2.75) is 77.3 Å². The Morgan fingerprint density at radius 1 is 1.26 bits per heavy atom. The molecule has 2 N–H and O–H groups in total. The normalized spacial score (nSPS) is 29.6. The van der Waals surface area contributed by atoms with Crippen molar-refractivity contribution in [1.29, 1.82) is 0 Å². The summed E-state index contributed by atoms with van der Waals surface area (Å²) in [5, 5.41) is 6.72. The van der Waals surface area contributed by atoms with Crippen molar-refractivity contribution in [3.8, 4) is 0 Å². The molecule has 1 saturated heterocycles. The summed E-state index contributed by atoms with van der Waals surface area (Å²) >= 11 is 0. The van der Waals surface area contributed by atoms with Crippen molar-refractivity contribution < 1.29 is 4.79 Å². The first kappa shape index (κ1) is 16.8. The van der Waals surface area contributed by atoms with E-state index in [2.05, 4.69) is 24.5 Å². The van der Waals surface area contributed by atoms with Crippen LogP contribution in [-0.4, -0.2) is 24.5 Å². The number of carbonyl (C=O) groups excluding carboxylic acids is 1. The van der Waals surface area contributed by atoms with Gasteiger partial charge in [-0.1, -0.05) is 26.7 Å². The van der Waals surface area contributed by atoms with Gasteiger partial charge in [-0.05, 0) is 44.1 Å². The van der Waals surface area contributed by atoms with Gasteiger partial charge in [0.05, 0.1) is 0 Å². The molecule has 0 aromatic carbocycles. The van der Waals surface area contributed by atoms with Crippen LogP contribution in [0.3, 0.4) is 0 Å². The second kappa shape index (κ2) is 7.49.